The summed E-state index contributed by atoms with van der Waals surface area (Å²) in [5.74, 6) is -0.878. The van der Waals surface area contributed by atoms with Crippen LogP contribution >= 0.6 is 11.3 Å². The van der Waals surface area contributed by atoms with Crippen LogP contribution in [0.15, 0.2) is 17.6 Å². The largest absolute Gasteiger partial charge is 0.477 e. The first-order valence-electron chi connectivity index (χ1n) is 4.98. The standard InChI is InChI=1S/C11H12N2O2S/c1-3-13-10(7(2)5-12-13)8-4-9(11(14)15)16-6-8/h4-6H,3H2,1-2H3,(H,14,15). The summed E-state index contributed by atoms with van der Waals surface area (Å²) >= 11 is 1.24. The molecule has 0 saturated heterocycles. The molecule has 0 aliphatic heterocycles. The van der Waals surface area contributed by atoms with Gasteiger partial charge in [0.05, 0.1) is 11.9 Å². The van der Waals surface area contributed by atoms with E-state index < -0.39 is 5.97 Å². The van der Waals surface area contributed by atoms with Gasteiger partial charge in [0.2, 0.25) is 0 Å². The highest BCUT2D eigenvalue weighted by atomic mass is 32.1. The minimum Gasteiger partial charge on any atom is -0.477 e. The molecule has 2 rings (SSSR count). The fourth-order valence-electron chi connectivity index (χ4n) is 1.67. The number of hydrogen-bond donors (Lipinski definition) is 1. The van der Waals surface area contributed by atoms with Crippen molar-refractivity contribution in [1.82, 2.24) is 9.78 Å². The van der Waals surface area contributed by atoms with Crippen LogP contribution in [0, 0.1) is 6.92 Å². The van der Waals surface area contributed by atoms with Gasteiger partial charge in [-0.1, -0.05) is 0 Å². The van der Waals surface area contributed by atoms with E-state index in [1.54, 1.807) is 12.3 Å². The Labute approximate surface area is 97.2 Å². The van der Waals surface area contributed by atoms with Crippen molar-refractivity contribution in [2.75, 3.05) is 0 Å². The number of carboxylic acid groups (broad SMARTS) is 1. The van der Waals surface area contributed by atoms with Crippen molar-refractivity contribution in [3.63, 3.8) is 0 Å². The van der Waals surface area contributed by atoms with E-state index in [9.17, 15) is 4.79 Å². The van der Waals surface area contributed by atoms with E-state index in [1.165, 1.54) is 11.3 Å². The van der Waals surface area contributed by atoms with Gasteiger partial charge >= 0.3 is 5.97 Å². The minimum absolute atomic E-state index is 0.359. The molecule has 2 aromatic heterocycles. The third kappa shape index (κ3) is 1.74. The van der Waals surface area contributed by atoms with Crippen molar-refractivity contribution in [3.05, 3.63) is 28.1 Å². The zero-order chi connectivity index (χ0) is 11.7. The van der Waals surface area contributed by atoms with Crippen LogP contribution < -0.4 is 0 Å². The molecule has 0 fully saturated rings. The fraction of sp³-hybridized carbons (Fsp3) is 0.273. The molecule has 0 aliphatic carbocycles. The molecule has 5 heteroatoms. The summed E-state index contributed by atoms with van der Waals surface area (Å²) in [6.07, 6.45) is 1.80. The number of carbonyl (C=O) groups is 1. The van der Waals surface area contributed by atoms with Gasteiger partial charge < -0.3 is 5.11 Å². The normalized spacial score (nSPS) is 10.6. The van der Waals surface area contributed by atoms with Crippen LogP contribution in [0.3, 0.4) is 0 Å². The zero-order valence-electron chi connectivity index (χ0n) is 9.10. The number of aryl methyl sites for hydroxylation is 2. The Morgan fingerprint density at radius 3 is 2.94 bits per heavy atom. The van der Waals surface area contributed by atoms with Crippen molar-refractivity contribution in [2.24, 2.45) is 0 Å². The Morgan fingerprint density at radius 1 is 1.62 bits per heavy atom. The molecule has 0 aromatic carbocycles. The highest BCUT2D eigenvalue weighted by Crippen LogP contribution is 2.28. The van der Waals surface area contributed by atoms with Gasteiger partial charge in [0.25, 0.3) is 0 Å². The summed E-state index contributed by atoms with van der Waals surface area (Å²) in [7, 11) is 0. The summed E-state index contributed by atoms with van der Waals surface area (Å²) in [5, 5.41) is 15.0. The molecule has 4 nitrogen and oxygen atoms in total. The van der Waals surface area contributed by atoms with Gasteiger partial charge in [-0.05, 0) is 25.5 Å². The molecule has 0 unspecified atom stereocenters. The lowest BCUT2D eigenvalue weighted by atomic mass is 10.1. The first-order chi connectivity index (χ1) is 7.63. The quantitative estimate of drug-likeness (QED) is 0.891. The summed E-state index contributed by atoms with van der Waals surface area (Å²) in [6, 6.07) is 1.70. The lowest BCUT2D eigenvalue weighted by molar-refractivity contribution is 0.0702. The van der Waals surface area contributed by atoms with Crippen molar-refractivity contribution in [2.45, 2.75) is 20.4 Å². The molecule has 0 bridgehead atoms. The Morgan fingerprint density at radius 2 is 2.38 bits per heavy atom. The van der Waals surface area contributed by atoms with Gasteiger partial charge in [-0.2, -0.15) is 5.10 Å². The number of aromatic carboxylic acids is 1. The number of aromatic nitrogens is 2. The van der Waals surface area contributed by atoms with Gasteiger partial charge in [-0.25, -0.2) is 4.79 Å². The van der Waals surface area contributed by atoms with E-state index in [2.05, 4.69) is 5.10 Å². The van der Waals surface area contributed by atoms with Crippen molar-refractivity contribution >= 4 is 17.3 Å². The van der Waals surface area contributed by atoms with Crippen LogP contribution in [0.25, 0.3) is 11.3 Å². The Balaban J connectivity index is 2.49. The highest BCUT2D eigenvalue weighted by molar-refractivity contribution is 7.12. The maximum absolute atomic E-state index is 10.8. The van der Waals surface area contributed by atoms with E-state index >= 15 is 0 Å². The lowest BCUT2D eigenvalue weighted by Gasteiger charge is -2.03. The fourth-order valence-corrected chi connectivity index (χ4v) is 2.40. The van der Waals surface area contributed by atoms with Gasteiger partial charge in [0.1, 0.15) is 4.88 Å². The van der Waals surface area contributed by atoms with E-state index in [0.29, 0.717) is 4.88 Å². The molecule has 0 radical (unpaired) electrons. The Bertz CT molecular complexity index is 528. The molecular formula is C11H12N2O2S. The van der Waals surface area contributed by atoms with E-state index in [1.807, 2.05) is 23.9 Å². The number of nitrogens with zero attached hydrogens (tertiary/aromatic N) is 2. The van der Waals surface area contributed by atoms with Crippen molar-refractivity contribution in [3.8, 4) is 11.3 Å². The molecule has 0 saturated carbocycles. The molecule has 1 N–H and O–H groups in total. The second-order valence-electron chi connectivity index (χ2n) is 3.50. The molecule has 16 heavy (non-hydrogen) atoms. The second kappa shape index (κ2) is 4.09. The van der Waals surface area contributed by atoms with Gasteiger partial charge in [-0.15, -0.1) is 11.3 Å². The Kier molecular flexibility index (Phi) is 2.78. The summed E-state index contributed by atoms with van der Waals surface area (Å²) in [4.78, 5) is 11.2. The zero-order valence-corrected chi connectivity index (χ0v) is 9.91. The summed E-state index contributed by atoms with van der Waals surface area (Å²) < 4.78 is 1.88. The van der Waals surface area contributed by atoms with Crippen LogP contribution in [0.4, 0.5) is 0 Å². The second-order valence-corrected chi connectivity index (χ2v) is 4.41. The number of hydrogen-bond acceptors (Lipinski definition) is 3. The molecule has 0 amide bonds. The molecule has 0 atom stereocenters. The predicted molar refractivity (Wildman–Crippen MR) is 62.9 cm³/mol. The predicted octanol–water partition coefficient (Wildman–Crippen LogP) is 2.64. The Hall–Kier alpha value is -1.62. The van der Waals surface area contributed by atoms with E-state index in [4.69, 9.17) is 5.11 Å². The van der Waals surface area contributed by atoms with Crippen LogP contribution in [0.5, 0.6) is 0 Å². The third-order valence-corrected chi connectivity index (χ3v) is 3.32. The molecule has 0 aliphatic rings. The van der Waals surface area contributed by atoms with Crippen LogP contribution in [0.1, 0.15) is 22.2 Å². The first-order valence-corrected chi connectivity index (χ1v) is 5.86. The topological polar surface area (TPSA) is 55.1 Å². The van der Waals surface area contributed by atoms with Gasteiger partial charge in [0.15, 0.2) is 0 Å². The van der Waals surface area contributed by atoms with Crippen molar-refractivity contribution < 1.29 is 9.90 Å². The maximum Gasteiger partial charge on any atom is 0.345 e. The SMILES string of the molecule is CCn1ncc(C)c1-c1csc(C(=O)O)c1. The minimum atomic E-state index is -0.878. The number of thiophene rings is 1. The summed E-state index contributed by atoms with van der Waals surface area (Å²) in [6.45, 7) is 4.77. The first kappa shape index (κ1) is 10.9. The van der Waals surface area contributed by atoms with Gasteiger partial charge in [0, 0.05) is 17.5 Å². The monoisotopic (exact) mass is 236 g/mol. The lowest BCUT2D eigenvalue weighted by Crippen LogP contribution is -1.98. The van der Waals surface area contributed by atoms with Crippen molar-refractivity contribution in [1.29, 1.82) is 0 Å². The van der Waals surface area contributed by atoms with Crippen LogP contribution in [0.2, 0.25) is 0 Å². The van der Waals surface area contributed by atoms with E-state index in [0.717, 1.165) is 23.4 Å². The average Bonchev–Trinajstić information content (AvgIpc) is 2.83. The molecular weight excluding hydrogens is 224 g/mol. The highest BCUT2D eigenvalue weighted by Gasteiger charge is 2.13. The smallest absolute Gasteiger partial charge is 0.345 e. The summed E-state index contributed by atoms with van der Waals surface area (Å²) in [5.41, 5.74) is 3.00. The molecule has 2 aromatic rings. The van der Waals surface area contributed by atoms with Crippen LogP contribution in [-0.4, -0.2) is 20.9 Å². The molecule has 2 heterocycles. The average molecular weight is 236 g/mol. The number of carboxylic acids is 1. The number of rotatable bonds is 3. The van der Waals surface area contributed by atoms with Crippen LogP contribution in [-0.2, 0) is 6.54 Å². The maximum atomic E-state index is 10.8. The van der Waals surface area contributed by atoms with E-state index in [-0.39, 0.29) is 0 Å². The van der Waals surface area contributed by atoms with Gasteiger partial charge in [-0.3, -0.25) is 4.68 Å². The third-order valence-electron chi connectivity index (χ3n) is 2.41. The molecule has 0 spiro atoms. The molecule has 84 valence electrons.